The maximum atomic E-state index is 11.9. The van der Waals surface area contributed by atoms with Gasteiger partial charge in [-0.15, -0.1) is 0 Å². The second-order valence-corrected chi connectivity index (χ2v) is 9.31. The number of hydrogen-bond donors (Lipinski definition) is 2. The third kappa shape index (κ3) is 3.87. The minimum Gasteiger partial charge on any atom is -0.454 e. The fourth-order valence-corrected chi connectivity index (χ4v) is 4.94. The second kappa shape index (κ2) is 8.10. The monoisotopic (exact) mass is 538 g/mol. The molecular formula is C19H19IN6O3S. The summed E-state index contributed by atoms with van der Waals surface area (Å²) in [5, 5.41) is 3.77. The number of nitrogens with two attached hydrogens (primary N) is 1. The van der Waals surface area contributed by atoms with Crippen LogP contribution in [0.25, 0.3) is 11.2 Å². The van der Waals surface area contributed by atoms with Crippen LogP contribution in [0.4, 0.5) is 5.82 Å². The Morgan fingerprint density at radius 1 is 1.30 bits per heavy atom. The van der Waals surface area contributed by atoms with Crippen molar-refractivity contribution in [2.75, 3.05) is 19.1 Å². The third-order valence-electron chi connectivity index (χ3n) is 4.96. The van der Waals surface area contributed by atoms with E-state index in [-0.39, 0.29) is 18.6 Å². The Hall–Kier alpha value is -2.28. The van der Waals surface area contributed by atoms with E-state index in [9.17, 15) is 4.79 Å². The Bertz CT molecular complexity index is 1130. The van der Waals surface area contributed by atoms with E-state index in [2.05, 4.69) is 37.9 Å². The molecule has 9 nitrogen and oxygen atoms in total. The van der Waals surface area contributed by atoms with Crippen LogP contribution in [0.3, 0.4) is 0 Å². The zero-order valence-corrected chi connectivity index (χ0v) is 18.9. The zero-order chi connectivity index (χ0) is 20.7. The van der Waals surface area contributed by atoms with E-state index in [4.69, 9.17) is 20.2 Å². The molecule has 5 rings (SSSR count). The molecule has 0 radical (unpaired) electrons. The second-order valence-electron chi connectivity index (χ2n) is 7.13. The van der Waals surface area contributed by atoms with E-state index < -0.39 is 0 Å². The number of fused-ring (bicyclic) bond motifs is 2. The lowest BCUT2D eigenvalue weighted by molar-refractivity contribution is -0.122. The first-order valence-electron chi connectivity index (χ1n) is 9.61. The Kier molecular flexibility index (Phi) is 5.31. The number of hydrogen-bond acceptors (Lipinski definition) is 8. The molecule has 0 spiro atoms. The van der Waals surface area contributed by atoms with Crippen LogP contribution >= 0.6 is 34.4 Å². The number of rotatable bonds is 7. The van der Waals surface area contributed by atoms with E-state index >= 15 is 0 Å². The zero-order valence-electron chi connectivity index (χ0n) is 15.9. The number of amides is 1. The Balaban J connectivity index is 1.40. The van der Waals surface area contributed by atoms with Crippen LogP contribution in [0, 0.1) is 9.49 Å². The highest BCUT2D eigenvalue weighted by Crippen LogP contribution is 2.41. The molecule has 3 heterocycles. The molecule has 1 fully saturated rings. The maximum absolute atomic E-state index is 11.9. The summed E-state index contributed by atoms with van der Waals surface area (Å²) >= 11 is 3.80. The molecule has 0 unspecified atom stereocenters. The van der Waals surface area contributed by atoms with Gasteiger partial charge >= 0.3 is 0 Å². The van der Waals surface area contributed by atoms with Crippen LogP contribution in [0.5, 0.6) is 11.5 Å². The lowest BCUT2D eigenvalue weighted by atomic mass is 10.3. The third-order valence-corrected chi connectivity index (χ3v) is 7.27. The van der Waals surface area contributed by atoms with Gasteiger partial charge in [0.15, 0.2) is 33.6 Å². The van der Waals surface area contributed by atoms with Gasteiger partial charge in [0.05, 0.1) is 0 Å². The molecule has 3 N–H and O–H groups in total. The van der Waals surface area contributed by atoms with Crippen molar-refractivity contribution in [1.29, 1.82) is 0 Å². The van der Waals surface area contributed by atoms with Crippen molar-refractivity contribution in [2.24, 2.45) is 5.92 Å². The standard InChI is InChI=1S/C19H19IN6O3S/c20-11-6-12-13(29-9-28-12)7-14(11)30-19-25-15-16(21)23-8-24-17(15)26(19)5-1-4-22-18(27)10-2-3-10/h6-8,10H,1-5,9H2,(H,22,27)(H2,21,23,24). The predicted molar refractivity (Wildman–Crippen MR) is 119 cm³/mol. The maximum Gasteiger partial charge on any atom is 0.231 e. The number of anilines is 1. The van der Waals surface area contributed by atoms with Gasteiger partial charge < -0.3 is 25.1 Å². The van der Waals surface area contributed by atoms with Crippen molar-refractivity contribution < 1.29 is 14.3 Å². The molecule has 0 saturated heterocycles. The van der Waals surface area contributed by atoms with Crippen molar-refractivity contribution in [3.05, 3.63) is 22.0 Å². The molecule has 11 heteroatoms. The van der Waals surface area contributed by atoms with E-state index in [1.807, 2.05) is 16.7 Å². The molecule has 1 saturated carbocycles. The van der Waals surface area contributed by atoms with Crippen molar-refractivity contribution in [3.8, 4) is 11.5 Å². The fraction of sp³-hybridized carbons (Fsp3) is 0.368. The lowest BCUT2D eigenvalue weighted by Gasteiger charge is -2.10. The smallest absolute Gasteiger partial charge is 0.231 e. The van der Waals surface area contributed by atoms with Crippen molar-refractivity contribution in [2.45, 2.75) is 35.9 Å². The summed E-state index contributed by atoms with van der Waals surface area (Å²) in [7, 11) is 0. The Labute approximate surface area is 190 Å². The van der Waals surface area contributed by atoms with Crippen LogP contribution in [0.2, 0.25) is 0 Å². The van der Waals surface area contributed by atoms with Gasteiger partial charge in [0.25, 0.3) is 0 Å². The van der Waals surface area contributed by atoms with Gasteiger partial charge in [-0.1, -0.05) is 11.8 Å². The number of imidazole rings is 1. The van der Waals surface area contributed by atoms with Gasteiger partial charge in [-0.25, -0.2) is 15.0 Å². The largest absolute Gasteiger partial charge is 0.454 e. The number of benzene rings is 1. The molecule has 1 aromatic carbocycles. The van der Waals surface area contributed by atoms with E-state index in [0.717, 1.165) is 44.4 Å². The van der Waals surface area contributed by atoms with Gasteiger partial charge in [-0.2, -0.15) is 0 Å². The molecule has 2 aromatic heterocycles. The first-order valence-corrected chi connectivity index (χ1v) is 11.5. The highest BCUT2D eigenvalue weighted by Gasteiger charge is 2.29. The molecule has 0 atom stereocenters. The van der Waals surface area contributed by atoms with Gasteiger partial charge in [0.2, 0.25) is 12.7 Å². The van der Waals surface area contributed by atoms with Gasteiger partial charge in [-0.05, 0) is 54.0 Å². The summed E-state index contributed by atoms with van der Waals surface area (Å²) in [4.78, 5) is 26.0. The highest BCUT2D eigenvalue weighted by atomic mass is 127. The number of halogens is 1. The summed E-state index contributed by atoms with van der Waals surface area (Å²) < 4.78 is 14.0. The van der Waals surface area contributed by atoms with Crippen molar-refractivity contribution in [3.63, 3.8) is 0 Å². The number of aryl methyl sites for hydroxylation is 1. The first kappa shape index (κ1) is 19.7. The summed E-state index contributed by atoms with van der Waals surface area (Å²) in [6.07, 6.45) is 4.22. The van der Waals surface area contributed by atoms with E-state index in [1.54, 1.807) is 0 Å². The highest BCUT2D eigenvalue weighted by molar-refractivity contribution is 14.1. The first-order chi connectivity index (χ1) is 14.6. The average Bonchev–Trinajstić information content (AvgIpc) is 3.39. The normalized spacial score (nSPS) is 15.0. The van der Waals surface area contributed by atoms with Gasteiger partial charge in [0.1, 0.15) is 6.33 Å². The number of nitrogens with zero attached hydrogens (tertiary/aromatic N) is 4. The minimum atomic E-state index is 0.154. The number of ether oxygens (including phenoxy) is 2. The van der Waals surface area contributed by atoms with Crippen LogP contribution < -0.4 is 20.5 Å². The molecule has 1 aliphatic carbocycles. The molecule has 3 aromatic rings. The minimum absolute atomic E-state index is 0.154. The molecular weight excluding hydrogens is 519 g/mol. The van der Waals surface area contributed by atoms with Crippen molar-refractivity contribution in [1.82, 2.24) is 24.8 Å². The molecule has 156 valence electrons. The van der Waals surface area contributed by atoms with Gasteiger partial charge in [-0.3, -0.25) is 4.79 Å². The van der Waals surface area contributed by atoms with Crippen LogP contribution in [0.15, 0.2) is 28.5 Å². The van der Waals surface area contributed by atoms with Crippen molar-refractivity contribution >= 4 is 57.2 Å². The SMILES string of the molecule is Nc1ncnc2c1nc(Sc1cc3c(cc1I)OCO3)n2CCCNC(=O)C1CC1. The number of carbonyl (C=O) groups excluding carboxylic acids is 1. The molecule has 2 aliphatic rings. The van der Waals surface area contributed by atoms with Crippen LogP contribution in [-0.4, -0.2) is 38.8 Å². The quantitative estimate of drug-likeness (QED) is 0.349. The Morgan fingerprint density at radius 2 is 2.10 bits per heavy atom. The van der Waals surface area contributed by atoms with Crippen LogP contribution in [0.1, 0.15) is 19.3 Å². The van der Waals surface area contributed by atoms with E-state index in [1.165, 1.54) is 18.1 Å². The number of carbonyl (C=O) groups is 1. The molecule has 0 bridgehead atoms. The fourth-order valence-electron chi connectivity index (χ4n) is 3.23. The Morgan fingerprint density at radius 3 is 2.90 bits per heavy atom. The van der Waals surface area contributed by atoms with Gasteiger partial charge in [0, 0.05) is 27.5 Å². The lowest BCUT2D eigenvalue weighted by Crippen LogP contribution is -2.26. The topological polar surface area (TPSA) is 117 Å². The summed E-state index contributed by atoms with van der Waals surface area (Å²) in [6, 6.07) is 3.92. The predicted octanol–water partition coefficient (Wildman–Crippen LogP) is 2.81. The average molecular weight is 538 g/mol. The summed E-state index contributed by atoms with van der Waals surface area (Å²) in [5.74, 6) is 2.19. The molecule has 30 heavy (non-hydrogen) atoms. The number of nitrogen functional groups attached to an aromatic ring is 1. The molecule has 1 aliphatic heterocycles. The van der Waals surface area contributed by atoms with Crippen LogP contribution in [-0.2, 0) is 11.3 Å². The summed E-state index contributed by atoms with van der Waals surface area (Å²) in [5.41, 5.74) is 7.31. The number of aromatic nitrogens is 4. The molecule has 1 amide bonds. The van der Waals surface area contributed by atoms with E-state index in [0.29, 0.717) is 30.1 Å². The summed E-state index contributed by atoms with van der Waals surface area (Å²) in [6.45, 7) is 1.50. The number of nitrogens with one attached hydrogen (secondary N) is 1.